The van der Waals surface area contributed by atoms with Crippen molar-refractivity contribution in [2.24, 2.45) is 5.92 Å². The van der Waals surface area contributed by atoms with Gasteiger partial charge < -0.3 is 5.73 Å². The van der Waals surface area contributed by atoms with Crippen LogP contribution in [-0.4, -0.2) is 4.98 Å². The molecule has 0 radical (unpaired) electrons. The molecule has 0 amide bonds. The lowest BCUT2D eigenvalue weighted by Gasteiger charge is -2.16. The van der Waals surface area contributed by atoms with Crippen molar-refractivity contribution < 1.29 is 0 Å². The van der Waals surface area contributed by atoms with Crippen LogP contribution in [0.3, 0.4) is 0 Å². The number of hydrogen-bond acceptors (Lipinski definition) is 2. The minimum Gasteiger partial charge on any atom is -0.399 e. The third-order valence-corrected chi connectivity index (χ3v) is 5.10. The van der Waals surface area contributed by atoms with Crippen LogP contribution >= 0.6 is 0 Å². The van der Waals surface area contributed by atoms with Gasteiger partial charge in [0.1, 0.15) is 0 Å². The van der Waals surface area contributed by atoms with E-state index in [0.717, 1.165) is 28.7 Å². The molecule has 2 aromatic carbocycles. The van der Waals surface area contributed by atoms with Crippen LogP contribution in [-0.2, 0) is 0 Å². The summed E-state index contributed by atoms with van der Waals surface area (Å²) in [5, 5.41) is 3.55. The Bertz CT molecular complexity index is 1030. The summed E-state index contributed by atoms with van der Waals surface area (Å²) < 4.78 is 0. The standard InChI is InChI=1S/C23H24N2/c1-14(2)17-8-10-20-19-11-9-18(24)13-21(19)23(25-22(20)12-17)16-6-4-15(3)5-7-16/h4,6-15H,5,24H2,1-3H3. The van der Waals surface area contributed by atoms with E-state index in [1.54, 1.807) is 0 Å². The van der Waals surface area contributed by atoms with Gasteiger partial charge in [0.15, 0.2) is 0 Å². The number of nitrogens with two attached hydrogens (primary N) is 1. The summed E-state index contributed by atoms with van der Waals surface area (Å²) in [7, 11) is 0. The highest BCUT2D eigenvalue weighted by Crippen LogP contribution is 2.34. The molecule has 0 bridgehead atoms. The lowest BCUT2D eigenvalue weighted by atomic mass is 9.92. The molecule has 3 aromatic rings. The largest absolute Gasteiger partial charge is 0.399 e. The topological polar surface area (TPSA) is 38.9 Å². The summed E-state index contributed by atoms with van der Waals surface area (Å²) in [6.45, 7) is 6.68. The van der Waals surface area contributed by atoms with Crippen LogP contribution in [0, 0.1) is 5.92 Å². The van der Waals surface area contributed by atoms with Gasteiger partial charge >= 0.3 is 0 Å². The first kappa shape index (κ1) is 15.9. The van der Waals surface area contributed by atoms with E-state index in [0.29, 0.717) is 11.8 Å². The monoisotopic (exact) mass is 328 g/mol. The third-order valence-electron chi connectivity index (χ3n) is 5.10. The maximum atomic E-state index is 6.09. The van der Waals surface area contributed by atoms with Crippen molar-refractivity contribution in [3.63, 3.8) is 0 Å². The van der Waals surface area contributed by atoms with E-state index in [2.05, 4.69) is 69.3 Å². The molecule has 2 N–H and O–H groups in total. The Balaban J connectivity index is 2.04. The maximum Gasteiger partial charge on any atom is 0.0785 e. The van der Waals surface area contributed by atoms with Crippen LogP contribution in [0.4, 0.5) is 5.69 Å². The van der Waals surface area contributed by atoms with Crippen LogP contribution in [0.1, 0.15) is 44.4 Å². The molecule has 1 atom stereocenters. The lowest BCUT2D eigenvalue weighted by molar-refractivity contribution is 0.739. The quantitative estimate of drug-likeness (QED) is 0.458. The van der Waals surface area contributed by atoms with Crippen molar-refractivity contribution in [2.45, 2.75) is 33.1 Å². The van der Waals surface area contributed by atoms with Gasteiger partial charge in [0, 0.05) is 16.5 Å². The fourth-order valence-corrected chi connectivity index (χ4v) is 3.52. The molecule has 25 heavy (non-hydrogen) atoms. The van der Waals surface area contributed by atoms with Crippen LogP contribution in [0.15, 0.2) is 54.6 Å². The van der Waals surface area contributed by atoms with E-state index in [1.807, 2.05) is 6.07 Å². The van der Waals surface area contributed by atoms with Gasteiger partial charge in [-0.15, -0.1) is 0 Å². The van der Waals surface area contributed by atoms with Gasteiger partial charge in [-0.1, -0.05) is 57.2 Å². The van der Waals surface area contributed by atoms with E-state index >= 15 is 0 Å². The molecule has 126 valence electrons. The number of nitrogen functional groups attached to an aromatic ring is 1. The molecule has 1 heterocycles. The van der Waals surface area contributed by atoms with Crippen molar-refractivity contribution in [3.8, 4) is 0 Å². The minimum atomic E-state index is 0.492. The number of fused-ring (bicyclic) bond motifs is 3. The minimum absolute atomic E-state index is 0.492. The van der Waals surface area contributed by atoms with Gasteiger partial charge in [-0.25, -0.2) is 4.98 Å². The van der Waals surface area contributed by atoms with Gasteiger partial charge in [-0.05, 0) is 53.0 Å². The molecule has 1 aliphatic carbocycles. The second-order valence-corrected chi connectivity index (χ2v) is 7.43. The third kappa shape index (κ3) is 2.82. The second kappa shape index (κ2) is 6.03. The molecule has 2 nitrogen and oxygen atoms in total. The summed E-state index contributed by atoms with van der Waals surface area (Å²) in [6.07, 6.45) is 7.83. The molecule has 0 fully saturated rings. The molecule has 1 unspecified atom stereocenters. The number of pyridine rings is 1. The Morgan fingerprint density at radius 1 is 1.04 bits per heavy atom. The van der Waals surface area contributed by atoms with Crippen LogP contribution < -0.4 is 5.73 Å². The summed E-state index contributed by atoms with van der Waals surface area (Å²) in [6, 6.07) is 12.8. The van der Waals surface area contributed by atoms with Gasteiger partial charge in [-0.3, -0.25) is 0 Å². The number of aromatic nitrogens is 1. The van der Waals surface area contributed by atoms with Crippen molar-refractivity contribution in [1.82, 2.24) is 4.98 Å². The summed E-state index contributed by atoms with van der Waals surface area (Å²) >= 11 is 0. The number of benzene rings is 2. The zero-order chi connectivity index (χ0) is 17.6. The number of allylic oxidation sites excluding steroid dienone is 4. The first-order valence-electron chi connectivity index (χ1n) is 9.04. The smallest absolute Gasteiger partial charge is 0.0785 e. The molecule has 1 aromatic heterocycles. The van der Waals surface area contributed by atoms with Crippen molar-refractivity contribution in [3.05, 3.63) is 65.9 Å². The van der Waals surface area contributed by atoms with Gasteiger partial charge in [0.2, 0.25) is 0 Å². The second-order valence-electron chi connectivity index (χ2n) is 7.43. The van der Waals surface area contributed by atoms with Crippen LogP contribution in [0.25, 0.3) is 27.2 Å². The predicted molar refractivity (Wildman–Crippen MR) is 109 cm³/mol. The average molecular weight is 328 g/mol. The summed E-state index contributed by atoms with van der Waals surface area (Å²) in [5.74, 6) is 1.08. The average Bonchev–Trinajstić information content (AvgIpc) is 2.61. The fraction of sp³-hybridized carbons (Fsp3) is 0.261. The first-order chi connectivity index (χ1) is 12.0. The zero-order valence-corrected chi connectivity index (χ0v) is 15.1. The highest BCUT2D eigenvalue weighted by molar-refractivity contribution is 6.10. The van der Waals surface area contributed by atoms with Crippen molar-refractivity contribution >= 4 is 32.9 Å². The molecule has 0 saturated heterocycles. The van der Waals surface area contributed by atoms with E-state index < -0.39 is 0 Å². The van der Waals surface area contributed by atoms with E-state index in [1.165, 1.54) is 21.9 Å². The highest BCUT2D eigenvalue weighted by Gasteiger charge is 2.14. The fourth-order valence-electron chi connectivity index (χ4n) is 3.52. The Labute approximate surface area is 149 Å². The SMILES string of the molecule is CC1C=CC(c2nc3cc(C(C)C)ccc3c3ccc(N)cc23)=CC1. The molecule has 0 spiro atoms. The van der Waals surface area contributed by atoms with Crippen LogP contribution in [0.2, 0.25) is 0 Å². The summed E-state index contributed by atoms with van der Waals surface area (Å²) in [5.41, 5.74) is 11.5. The Hall–Kier alpha value is -2.61. The molecule has 1 aliphatic rings. The predicted octanol–water partition coefficient (Wildman–Crippen LogP) is 6.07. The Kier molecular flexibility index (Phi) is 3.84. The molecule has 4 rings (SSSR count). The number of rotatable bonds is 2. The van der Waals surface area contributed by atoms with E-state index in [-0.39, 0.29) is 0 Å². The summed E-state index contributed by atoms with van der Waals surface area (Å²) in [4.78, 5) is 5.06. The van der Waals surface area contributed by atoms with Crippen LogP contribution in [0.5, 0.6) is 0 Å². The molecule has 0 saturated carbocycles. The van der Waals surface area contributed by atoms with Crippen molar-refractivity contribution in [1.29, 1.82) is 0 Å². The van der Waals surface area contributed by atoms with E-state index in [4.69, 9.17) is 10.7 Å². The van der Waals surface area contributed by atoms with Gasteiger partial charge in [0.05, 0.1) is 11.2 Å². The zero-order valence-electron chi connectivity index (χ0n) is 15.1. The van der Waals surface area contributed by atoms with Gasteiger partial charge in [-0.2, -0.15) is 0 Å². The highest BCUT2D eigenvalue weighted by atomic mass is 14.7. The molecule has 2 heteroatoms. The normalized spacial score (nSPS) is 17.4. The van der Waals surface area contributed by atoms with Crippen molar-refractivity contribution in [2.75, 3.05) is 5.73 Å². The number of anilines is 1. The lowest BCUT2D eigenvalue weighted by Crippen LogP contribution is -1.99. The number of nitrogens with zero attached hydrogens (tertiary/aromatic N) is 1. The molecule has 0 aliphatic heterocycles. The van der Waals surface area contributed by atoms with Gasteiger partial charge in [0.25, 0.3) is 0 Å². The first-order valence-corrected chi connectivity index (χ1v) is 9.04. The maximum absolute atomic E-state index is 6.09. The molecular weight excluding hydrogens is 304 g/mol. The Morgan fingerprint density at radius 2 is 1.84 bits per heavy atom. The van der Waals surface area contributed by atoms with E-state index in [9.17, 15) is 0 Å². The molecular formula is C23H24N2. The Morgan fingerprint density at radius 3 is 2.56 bits per heavy atom. The number of hydrogen-bond donors (Lipinski definition) is 1.